The third kappa shape index (κ3) is 7.55. The number of nitrogens with one attached hydrogen (secondary N) is 2. The summed E-state index contributed by atoms with van der Waals surface area (Å²) in [6, 6.07) is 14.2. The second kappa shape index (κ2) is 12.9. The van der Waals surface area contributed by atoms with Crippen LogP contribution >= 0.6 is 11.8 Å². The zero-order valence-corrected chi connectivity index (χ0v) is 21.6. The number of fused-ring (bicyclic) bond motifs is 1. The molecule has 0 bridgehead atoms. The number of allylic oxidation sites excluding steroid dienone is 1. The maximum Gasteiger partial charge on any atom is 0.143 e. The number of para-hydroxylation sites is 2. The lowest BCUT2D eigenvalue weighted by atomic mass is 9.94. The monoisotopic (exact) mass is 482 g/mol. The van der Waals surface area contributed by atoms with Gasteiger partial charge in [0, 0.05) is 35.0 Å². The van der Waals surface area contributed by atoms with Gasteiger partial charge in [-0.3, -0.25) is 0 Å². The first-order chi connectivity index (χ1) is 16.4. The molecule has 1 atom stereocenters. The van der Waals surface area contributed by atoms with Crippen molar-refractivity contribution in [1.29, 1.82) is 0 Å². The summed E-state index contributed by atoms with van der Waals surface area (Å²) in [6.45, 7) is 9.77. The molecular weight excluding hydrogens is 444 g/mol. The van der Waals surface area contributed by atoms with E-state index < -0.39 is 6.10 Å². The number of thioether (sulfide) groups is 1. The van der Waals surface area contributed by atoms with Crippen LogP contribution in [0.5, 0.6) is 11.5 Å². The van der Waals surface area contributed by atoms with Crippen molar-refractivity contribution in [2.24, 2.45) is 0 Å². The molecule has 1 aromatic heterocycles. The number of H-pyrrole nitrogens is 1. The topological polar surface area (TPSA) is 66.5 Å². The summed E-state index contributed by atoms with van der Waals surface area (Å²) in [5.41, 5.74) is 3.20. The molecule has 0 spiro atoms. The van der Waals surface area contributed by atoms with Gasteiger partial charge in [-0.15, -0.1) is 11.8 Å². The quantitative estimate of drug-likeness (QED) is 0.260. The van der Waals surface area contributed by atoms with Crippen molar-refractivity contribution >= 4 is 22.7 Å². The molecule has 1 unspecified atom stereocenters. The van der Waals surface area contributed by atoms with Gasteiger partial charge in [0.15, 0.2) is 0 Å². The van der Waals surface area contributed by atoms with Crippen molar-refractivity contribution in [3.63, 3.8) is 0 Å². The van der Waals surface area contributed by atoms with E-state index in [9.17, 15) is 5.11 Å². The number of aromatic amines is 1. The minimum atomic E-state index is -0.604. The average molecular weight is 483 g/mol. The van der Waals surface area contributed by atoms with Crippen LogP contribution in [0.1, 0.15) is 45.2 Å². The van der Waals surface area contributed by atoms with Gasteiger partial charge in [-0.1, -0.05) is 43.3 Å². The van der Waals surface area contributed by atoms with Crippen LogP contribution in [0.2, 0.25) is 0 Å². The molecule has 0 aliphatic heterocycles. The number of aliphatic hydroxyl groups is 1. The van der Waals surface area contributed by atoms with Crippen molar-refractivity contribution in [3.05, 3.63) is 71.3 Å². The Morgan fingerprint density at radius 3 is 2.65 bits per heavy atom. The smallest absolute Gasteiger partial charge is 0.143 e. The van der Waals surface area contributed by atoms with Gasteiger partial charge < -0.3 is 24.9 Å². The standard InChI is InChI=1S/C28H38N2O3S/c1-5-7-15-34-20-21-11-8-9-13-25(21)33-19-23(31)18-30-28(3,4)16-22-17-29-27-24(22)12-10-14-26(27)32-6-2/h7-15,17,23,29-31H,5-6,16,18-20H2,1-4H3/b15-7-. The molecule has 0 aliphatic carbocycles. The van der Waals surface area contributed by atoms with Crippen molar-refractivity contribution in [3.8, 4) is 11.5 Å². The van der Waals surface area contributed by atoms with Crippen LogP contribution in [0.15, 0.2) is 60.1 Å². The molecular formula is C28H38N2O3S. The molecule has 34 heavy (non-hydrogen) atoms. The fraction of sp³-hybridized carbons (Fsp3) is 0.429. The molecule has 0 saturated carbocycles. The third-order valence-electron chi connectivity index (χ3n) is 5.58. The Morgan fingerprint density at radius 1 is 1.06 bits per heavy atom. The van der Waals surface area contributed by atoms with Crippen LogP contribution in [0.25, 0.3) is 10.9 Å². The number of benzene rings is 2. The highest BCUT2D eigenvalue weighted by Crippen LogP contribution is 2.29. The lowest BCUT2D eigenvalue weighted by Crippen LogP contribution is -2.46. The van der Waals surface area contributed by atoms with Crippen molar-refractivity contribution in [2.75, 3.05) is 19.8 Å². The molecule has 3 rings (SSSR count). The van der Waals surface area contributed by atoms with Gasteiger partial charge in [-0.2, -0.15) is 0 Å². The highest BCUT2D eigenvalue weighted by molar-refractivity contribution is 8.01. The fourth-order valence-electron chi connectivity index (χ4n) is 3.85. The summed E-state index contributed by atoms with van der Waals surface area (Å²) in [6.07, 6.45) is 5.46. The van der Waals surface area contributed by atoms with E-state index in [1.165, 1.54) is 10.9 Å². The Labute approximate surface area is 207 Å². The second-order valence-electron chi connectivity index (χ2n) is 9.03. The van der Waals surface area contributed by atoms with E-state index in [-0.39, 0.29) is 12.1 Å². The number of hydrogen-bond donors (Lipinski definition) is 3. The van der Waals surface area contributed by atoms with E-state index in [2.05, 4.69) is 60.9 Å². The molecule has 6 heteroatoms. The molecule has 5 nitrogen and oxygen atoms in total. The lowest BCUT2D eigenvalue weighted by Gasteiger charge is -2.28. The normalized spacial score (nSPS) is 13.0. The first kappa shape index (κ1) is 26.2. The van der Waals surface area contributed by atoms with E-state index in [0.29, 0.717) is 13.2 Å². The summed E-state index contributed by atoms with van der Waals surface area (Å²) < 4.78 is 11.7. The Bertz CT molecular complexity index is 1060. The van der Waals surface area contributed by atoms with Crippen molar-refractivity contribution in [1.82, 2.24) is 10.3 Å². The highest BCUT2D eigenvalue weighted by atomic mass is 32.2. The predicted octanol–water partition coefficient (Wildman–Crippen LogP) is 6.07. The van der Waals surface area contributed by atoms with Crippen LogP contribution in [-0.2, 0) is 12.2 Å². The van der Waals surface area contributed by atoms with Crippen molar-refractivity contribution < 1.29 is 14.6 Å². The lowest BCUT2D eigenvalue weighted by molar-refractivity contribution is 0.0985. The van der Waals surface area contributed by atoms with E-state index in [4.69, 9.17) is 9.47 Å². The number of ether oxygens (including phenoxy) is 2. The molecule has 1 heterocycles. The average Bonchev–Trinajstić information content (AvgIpc) is 3.23. The summed E-state index contributed by atoms with van der Waals surface area (Å²) in [5.74, 6) is 2.57. The molecule has 0 aliphatic rings. The molecule has 2 aromatic carbocycles. The summed E-state index contributed by atoms with van der Waals surface area (Å²) in [7, 11) is 0. The maximum atomic E-state index is 10.6. The van der Waals surface area contributed by atoms with E-state index in [1.54, 1.807) is 11.8 Å². The molecule has 0 radical (unpaired) electrons. The molecule has 3 N–H and O–H groups in total. The minimum absolute atomic E-state index is 0.197. The first-order valence-corrected chi connectivity index (χ1v) is 13.1. The van der Waals surface area contributed by atoms with Crippen LogP contribution in [-0.4, -0.2) is 41.5 Å². The summed E-state index contributed by atoms with van der Waals surface area (Å²) in [4.78, 5) is 3.37. The van der Waals surface area contributed by atoms with Gasteiger partial charge in [-0.25, -0.2) is 0 Å². The molecule has 184 valence electrons. The van der Waals surface area contributed by atoms with E-state index in [0.717, 1.165) is 41.2 Å². The van der Waals surface area contributed by atoms with Gasteiger partial charge in [-0.05, 0) is 56.7 Å². The number of rotatable bonds is 14. The Morgan fingerprint density at radius 2 is 1.85 bits per heavy atom. The van der Waals surface area contributed by atoms with E-state index in [1.807, 2.05) is 37.3 Å². The molecule has 3 aromatic rings. The zero-order chi connectivity index (χ0) is 24.4. The summed E-state index contributed by atoms with van der Waals surface area (Å²) in [5, 5.41) is 17.4. The van der Waals surface area contributed by atoms with Gasteiger partial charge in [0.2, 0.25) is 0 Å². The number of hydrogen-bond acceptors (Lipinski definition) is 5. The maximum absolute atomic E-state index is 10.6. The highest BCUT2D eigenvalue weighted by Gasteiger charge is 2.22. The Kier molecular flexibility index (Phi) is 9.93. The number of aromatic nitrogens is 1. The molecule has 0 fully saturated rings. The van der Waals surface area contributed by atoms with Gasteiger partial charge in [0.25, 0.3) is 0 Å². The van der Waals surface area contributed by atoms with E-state index >= 15 is 0 Å². The van der Waals surface area contributed by atoms with Gasteiger partial charge in [0.05, 0.1) is 12.1 Å². The Balaban J connectivity index is 1.52. The SMILES string of the molecule is CC/C=C\SCc1ccccc1OCC(O)CNC(C)(C)Cc1c[nH]c2c(OCC)cccc12. The molecule has 0 saturated heterocycles. The van der Waals surface area contributed by atoms with Crippen LogP contribution in [0.3, 0.4) is 0 Å². The first-order valence-electron chi connectivity index (χ1n) is 12.1. The Hall–Kier alpha value is -2.41. The fourth-order valence-corrected chi connectivity index (χ4v) is 4.69. The second-order valence-corrected chi connectivity index (χ2v) is 9.92. The van der Waals surface area contributed by atoms with Gasteiger partial charge in [0.1, 0.15) is 24.2 Å². The van der Waals surface area contributed by atoms with Gasteiger partial charge >= 0.3 is 0 Å². The minimum Gasteiger partial charge on any atom is -0.492 e. The third-order valence-corrected chi connectivity index (χ3v) is 6.44. The zero-order valence-electron chi connectivity index (χ0n) is 20.8. The number of β-amino-alcohol motifs (C(OH)–C–C–N with tert-alkyl or cyclic N) is 1. The predicted molar refractivity (Wildman–Crippen MR) is 144 cm³/mol. The largest absolute Gasteiger partial charge is 0.492 e. The molecule has 0 amide bonds. The van der Waals surface area contributed by atoms with Crippen LogP contribution in [0, 0.1) is 0 Å². The van der Waals surface area contributed by atoms with Crippen LogP contribution in [0.4, 0.5) is 0 Å². The van der Waals surface area contributed by atoms with Crippen molar-refractivity contribution in [2.45, 2.75) is 57.9 Å². The van der Waals surface area contributed by atoms with Crippen LogP contribution < -0.4 is 14.8 Å². The number of aliphatic hydroxyl groups excluding tert-OH is 1. The summed E-state index contributed by atoms with van der Waals surface area (Å²) >= 11 is 1.75.